The number of benzene rings is 2. The zero-order valence-corrected chi connectivity index (χ0v) is 18.1. The van der Waals surface area contributed by atoms with Crippen LogP contribution in [0.15, 0.2) is 54.6 Å². The maximum absolute atomic E-state index is 14.1. The van der Waals surface area contributed by atoms with Crippen molar-refractivity contribution in [1.82, 2.24) is 15.1 Å². The topological polar surface area (TPSA) is 67.5 Å². The van der Waals surface area contributed by atoms with E-state index >= 15 is 0 Å². The standard InChI is InChI=1S/C24H23ClFN3O3/c25-16-5-3-6-17(11-16)32-18-13-24(31-14-18)9-4-10-29(15-24)23(30)22-12-21(27-28-22)19-7-1-2-8-20(19)26/h1-3,5-8,11-12,18H,4,9-10,13-15H2,(H,27,28)/t18-,24-/m1/s1. The van der Waals surface area contributed by atoms with Crippen molar-refractivity contribution in [3.8, 4) is 17.0 Å². The Hall–Kier alpha value is -2.90. The average Bonchev–Trinajstić information content (AvgIpc) is 3.41. The molecule has 3 heterocycles. The van der Waals surface area contributed by atoms with Crippen molar-refractivity contribution >= 4 is 17.5 Å². The lowest BCUT2D eigenvalue weighted by Gasteiger charge is -2.39. The van der Waals surface area contributed by atoms with Crippen LogP contribution in [0.4, 0.5) is 4.39 Å². The first-order valence-electron chi connectivity index (χ1n) is 10.7. The van der Waals surface area contributed by atoms with E-state index in [1.807, 2.05) is 12.1 Å². The summed E-state index contributed by atoms with van der Waals surface area (Å²) in [5, 5.41) is 7.54. The predicted octanol–water partition coefficient (Wildman–Crippen LogP) is 4.71. The van der Waals surface area contributed by atoms with Gasteiger partial charge in [-0.05, 0) is 49.2 Å². The molecular weight excluding hydrogens is 433 g/mol. The quantitative estimate of drug-likeness (QED) is 0.618. The summed E-state index contributed by atoms with van der Waals surface area (Å²) in [7, 11) is 0. The van der Waals surface area contributed by atoms with Crippen molar-refractivity contribution in [1.29, 1.82) is 0 Å². The number of hydrogen-bond donors (Lipinski definition) is 1. The van der Waals surface area contributed by atoms with Crippen LogP contribution in [0.25, 0.3) is 11.3 Å². The fourth-order valence-electron chi connectivity index (χ4n) is 4.58. The van der Waals surface area contributed by atoms with Crippen LogP contribution in [-0.4, -0.2) is 52.4 Å². The number of halogens is 2. The summed E-state index contributed by atoms with van der Waals surface area (Å²) in [5.74, 6) is 0.173. The number of likely N-dealkylation sites (tertiary alicyclic amines) is 1. The number of piperidine rings is 1. The number of carbonyl (C=O) groups excluding carboxylic acids is 1. The Bertz CT molecular complexity index is 1140. The molecule has 0 saturated carbocycles. The number of aromatic amines is 1. The molecule has 1 spiro atoms. The fraction of sp³-hybridized carbons (Fsp3) is 0.333. The van der Waals surface area contributed by atoms with Crippen molar-refractivity contribution in [2.24, 2.45) is 0 Å². The molecule has 2 aromatic carbocycles. The highest BCUT2D eigenvalue weighted by molar-refractivity contribution is 6.30. The minimum Gasteiger partial charge on any atom is -0.488 e. The van der Waals surface area contributed by atoms with E-state index in [9.17, 15) is 9.18 Å². The lowest BCUT2D eigenvalue weighted by molar-refractivity contribution is -0.0454. The molecule has 166 valence electrons. The van der Waals surface area contributed by atoms with Crippen LogP contribution in [0.1, 0.15) is 29.8 Å². The maximum Gasteiger partial charge on any atom is 0.271 e. The number of H-pyrrole nitrogens is 1. The molecule has 1 aromatic heterocycles. The van der Waals surface area contributed by atoms with E-state index < -0.39 is 5.60 Å². The fourth-order valence-corrected chi connectivity index (χ4v) is 4.76. The highest BCUT2D eigenvalue weighted by Gasteiger charge is 2.45. The third-order valence-electron chi connectivity index (χ3n) is 6.06. The molecule has 1 amide bonds. The molecule has 0 aliphatic carbocycles. The maximum atomic E-state index is 14.1. The van der Waals surface area contributed by atoms with Gasteiger partial charge >= 0.3 is 0 Å². The Morgan fingerprint density at radius 2 is 2.12 bits per heavy atom. The zero-order valence-electron chi connectivity index (χ0n) is 17.4. The zero-order chi connectivity index (χ0) is 22.1. The molecular formula is C24H23ClFN3O3. The third kappa shape index (κ3) is 4.23. The number of nitrogens with one attached hydrogen (secondary N) is 1. The van der Waals surface area contributed by atoms with Crippen LogP contribution in [-0.2, 0) is 4.74 Å². The van der Waals surface area contributed by atoms with Crippen molar-refractivity contribution in [2.75, 3.05) is 19.7 Å². The number of amides is 1. The molecule has 0 radical (unpaired) electrons. The Kier molecular flexibility index (Phi) is 5.61. The molecule has 2 atom stereocenters. The number of hydrogen-bond acceptors (Lipinski definition) is 4. The Morgan fingerprint density at radius 1 is 1.25 bits per heavy atom. The molecule has 6 nitrogen and oxygen atoms in total. The molecule has 2 fully saturated rings. The van der Waals surface area contributed by atoms with Gasteiger partial charge in [0.15, 0.2) is 0 Å². The predicted molar refractivity (Wildman–Crippen MR) is 118 cm³/mol. The van der Waals surface area contributed by atoms with Crippen molar-refractivity contribution in [2.45, 2.75) is 31.0 Å². The van der Waals surface area contributed by atoms with Gasteiger partial charge < -0.3 is 14.4 Å². The molecule has 0 unspecified atom stereocenters. The Labute approximate surface area is 190 Å². The second kappa shape index (κ2) is 8.56. The SMILES string of the molecule is O=C(c1cc(-c2ccccc2F)n[nH]1)N1CCC[C@@]2(C[C@@H](Oc3cccc(Cl)c3)CO2)C1. The molecule has 0 bridgehead atoms. The Morgan fingerprint density at radius 3 is 2.97 bits per heavy atom. The highest BCUT2D eigenvalue weighted by Crippen LogP contribution is 2.37. The number of aromatic nitrogens is 2. The molecule has 2 saturated heterocycles. The van der Waals surface area contributed by atoms with Gasteiger partial charge in [0, 0.05) is 23.6 Å². The molecule has 2 aliphatic heterocycles. The summed E-state index contributed by atoms with van der Waals surface area (Å²) >= 11 is 6.05. The van der Waals surface area contributed by atoms with Gasteiger partial charge in [-0.1, -0.05) is 29.8 Å². The molecule has 1 N–H and O–H groups in total. The number of nitrogens with zero attached hydrogens (tertiary/aromatic N) is 2. The first kappa shape index (κ1) is 21.0. The van der Waals surface area contributed by atoms with Crippen LogP contribution in [0.3, 0.4) is 0 Å². The van der Waals surface area contributed by atoms with Gasteiger partial charge in [0.05, 0.1) is 24.4 Å². The molecule has 32 heavy (non-hydrogen) atoms. The van der Waals surface area contributed by atoms with E-state index in [2.05, 4.69) is 10.2 Å². The number of ether oxygens (including phenoxy) is 2. The van der Waals surface area contributed by atoms with Gasteiger partial charge in [-0.15, -0.1) is 0 Å². The van der Waals surface area contributed by atoms with E-state index in [4.69, 9.17) is 21.1 Å². The smallest absolute Gasteiger partial charge is 0.271 e. The van der Waals surface area contributed by atoms with Crippen LogP contribution in [0, 0.1) is 5.82 Å². The summed E-state index contributed by atoms with van der Waals surface area (Å²) < 4.78 is 26.3. The van der Waals surface area contributed by atoms with Crippen molar-refractivity contribution in [3.05, 3.63) is 71.1 Å². The van der Waals surface area contributed by atoms with Gasteiger partial charge in [-0.3, -0.25) is 9.89 Å². The van der Waals surface area contributed by atoms with Gasteiger partial charge in [0.25, 0.3) is 5.91 Å². The molecule has 2 aliphatic rings. The minimum atomic E-state index is -0.425. The van der Waals surface area contributed by atoms with Crippen molar-refractivity contribution in [3.63, 3.8) is 0 Å². The average molecular weight is 456 g/mol. The van der Waals surface area contributed by atoms with Crippen LogP contribution >= 0.6 is 11.6 Å². The first-order valence-corrected chi connectivity index (χ1v) is 11.0. The Balaban J connectivity index is 1.26. The van der Waals surface area contributed by atoms with Gasteiger partial charge in [0.1, 0.15) is 23.4 Å². The van der Waals surface area contributed by atoms with E-state index in [1.165, 1.54) is 6.07 Å². The van der Waals surface area contributed by atoms with Gasteiger partial charge in [0.2, 0.25) is 0 Å². The van der Waals surface area contributed by atoms with Crippen LogP contribution < -0.4 is 4.74 Å². The number of carbonyl (C=O) groups is 1. The largest absolute Gasteiger partial charge is 0.488 e. The van der Waals surface area contributed by atoms with E-state index in [-0.39, 0.29) is 17.8 Å². The van der Waals surface area contributed by atoms with Gasteiger partial charge in [-0.2, -0.15) is 5.10 Å². The summed E-state index contributed by atoms with van der Waals surface area (Å²) in [4.78, 5) is 14.9. The van der Waals surface area contributed by atoms with E-state index in [0.717, 1.165) is 12.8 Å². The highest BCUT2D eigenvalue weighted by atomic mass is 35.5. The van der Waals surface area contributed by atoms with Gasteiger partial charge in [-0.25, -0.2) is 4.39 Å². The number of rotatable bonds is 4. The van der Waals surface area contributed by atoms with Crippen molar-refractivity contribution < 1.29 is 18.7 Å². The summed E-state index contributed by atoms with van der Waals surface area (Å²) in [6.07, 6.45) is 2.31. The normalized spacial score (nSPS) is 22.9. The minimum absolute atomic E-state index is 0.0941. The summed E-state index contributed by atoms with van der Waals surface area (Å²) in [5.41, 5.74) is 0.680. The molecule has 3 aromatic rings. The molecule has 8 heteroatoms. The molecule has 5 rings (SSSR count). The first-order chi connectivity index (χ1) is 15.5. The van der Waals surface area contributed by atoms with Crippen LogP contribution in [0.2, 0.25) is 5.02 Å². The monoisotopic (exact) mass is 455 g/mol. The second-order valence-corrected chi connectivity index (χ2v) is 8.81. The lowest BCUT2D eigenvalue weighted by Crippen LogP contribution is -2.50. The second-order valence-electron chi connectivity index (χ2n) is 8.37. The summed E-state index contributed by atoms with van der Waals surface area (Å²) in [6.45, 7) is 1.59. The lowest BCUT2D eigenvalue weighted by atomic mass is 9.89. The van der Waals surface area contributed by atoms with Crippen LogP contribution in [0.5, 0.6) is 5.75 Å². The third-order valence-corrected chi connectivity index (χ3v) is 6.29. The summed E-state index contributed by atoms with van der Waals surface area (Å²) in [6, 6.07) is 15.3. The van der Waals surface area contributed by atoms with E-state index in [1.54, 1.807) is 41.3 Å². The van der Waals surface area contributed by atoms with E-state index in [0.29, 0.717) is 53.8 Å².